The number of aromatic amines is 1. The Morgan fingerprint density at radius 3 is 2.61 bits per heavy atom. The van der Waals surface area contributed by atoms with Crippen molar-refractivity contribution in [1.82, 2.24) is 19.7 Å². The molecule has 0 aliphatic rings. The third kappa shape index (κ3) is 4.62. The van der Waals surface area contributed by atoms with Gasteiger partial charge < -0.3 is 14.3 Å². The molecule has 4 rings (SSSR count). The van der Waals surface area contributed by atoms with E-state index >= 15 is 0 Å². The molecule has 0 radical (unpaired) electrons. The summed E-state index contributed by atoms with van der Waals surface area (Å²) in [4.78, 5) is 15.7. The first-order chi connectivity index (χ1) is 15.0. The van der Waals surface area contributed by atoms with Gasteiger partial charge in [-0.1, -0.05) is 35.5 Å². The van der Waals surface area contributed by atoms with Crippen LogP contribution in [0.1, 0.15) is 29.6 Å². The molecule has 0 fully saturated rings. The van der Waals surface area contributed by atoms with E-state index in [0.717, 1.165) is 50.6 Å². The highest BCUT2D eigenvalue weighted by atomic mass is 35.5. The van der Waals surface area contributed by atoms with E-state index in [2.05, 4.69) is 15.2 Å². The second kappa shape index (κ2) is 9.16. The number of fused-ring (bicyclic) bond motifs is 1. The summed E-state index contributed by atoms with van der Waals surface area (Å²) in [7, 11) is 0. The van der Waals surface area contributed by atoms with Crippen molar-refractivity contribution >= 4 is 34.3 Å². The molecule has 8 heteroatoms. The van der Waals surface area contributed by atoms with Gasteiger partial charge in [0, 0.05) is 40.0 Å². The number of benzene rings is 2. The highest BCUT2D eigenvalue weighted by Gasteiger charge is 2.13. The summed E-state index contributed by atoms with van der Waals surface area (Å²) in [5.41, 5.74) is 3.67. The molecule has 0 aliphatic carbocycles. The van der Waals surface area contributed by atoms with Gasteiger partial charge in [-0.2, -0.15) is 0 Å². The number of nitrogens with one attached hydrogen (secondary N) is 1. The number of hydrogen-bond donors (Lipinski definition) is 1. The van der Waals surface area contributed by atoms with Crippen LogP contribution in [0, 0.1) is 13.8 Å². The van der Waals surface area contributed by atoms with Crippen LogP contribution in [0.15, 0.2) is 52.4 Å². The molecule has 0 saturated carbocycles. The fourth-order valence-electron chi connectivity index (χ4n) is 3.46. The lowest BCUT2D eigenvalue weighted by Crippen LogP contribution is -2.08. The Hall–Kier alpha value is -2.77. The minimum Gasteiger partial charge on any atom is -0.486 e. The number of ether oxygens (including phenoxy) is 1. The molecule has 160 valence electrons. The third-order valence-corrected chi connectivity index (χ3v) is 6.65. The summed E-state index contributed by atoms with van der Waals surface area (Å²) < 4.78 is 7.98. The number of pyridine rings is 1. The van der Waals surface area contributed by atoms with E-state index in [1.54, 1.807) is 6.07 Å². The maximum Gasteiger partial charge on any atom is 0.191 e. The third-order valence-electron chi connectivity index (χ3n) is 5.04. The maximum atomic E-state index is 12.3. The standard InChI is InChI=1S/C23H23ClN4O2S/c1-4-28-21(12-30-17-9-14(2)22(24)15(3)10-17)26-27-23(28)31-13-16-11-20(29)18-7-5-6-8-19(18)25-16/h5-11H,4,12-13H2,1-3H3,(H,25,29). The fourth-order valence-corrected chi connectivity index (χ4v) is 4.50. The van der Waals surface area contributed by atoms with Crippen molar-refractivity contribution in [2.75, 3.05) is 0 Å². The van der Waals surface area contributed by atoms with Gasteiger partial charge in [0.05, 0.1) is 0 Å². The van der Waals surface area contributed by atoms with Crippen LogP contribution in [0.25, 0.3) is 10.9 Å². The molecule has 2 aromatic heterocycles. The van der Waals surface area contributed by atoms with Crippen molar-refractivity contribution in [3.8, 4) is 5.75 Å². The minimum atomic E-state index is 0.0181. The zero-order valence-electron chi connectivity index (χ0n) is 17.6. The molecule has 0 aliphatic heterocycles. The first-order valence-electron chi connectivity index (χ1n) is 10.0. The first kappa shape index (κ1) is 21.5. The van der Waals surface area contributed by atoms with Gasteiger partial charge in [0.15, 0.2) is 16.4 Å². The number of para-hydroxylation sites is 1. The molecule has 0 spiro atoms. The quantitative estimate of drug-likeness (QED) is 0.384. The van der Waals surface area contributed by atoms with E-state index in [1.807, 2.05) is 61.7 Å². The molecular formula is C23H23ClN4O2S. The molecule has 2 aromatic carbocycles. The summed E-state index contributed by atoms with van der Waals surface area (Å²) in [6.45, 7) is 7.01. The van der Waals surface area contributed by atoms with Gasteiger partial charge in [0.2, 0.25) is 0 Å². The number of aryl methyl sites for hydroxylation is 2. The van der Waals surface area contributed by atoms with Crippen molar-refractivity contribution < 1.29 is 4.74 Å². The molecule has 2 heterocycles. The van der Waals surface area contributed by atoms with Crippen molar-refractivity contribution in [1.29, 1.82) is 0 Å². The molecule has 6 nitrogen and oxygen atoms in total. The molecule has 0 saturated heterocycles. The number of halogens is 1. The topological polar surface area (TPSA) is 72.8 Å². The number of rotatable bonds is 7. The number of thioether (sulfide) groups is 1. The fraction of sp³-hybridized carbons (Fsp3) is 0.261. The largest absolute Gasteiger partial charge is 0.486 e. The average molecular weight is 455 g/mol. The first-order valence-corrected chi connectivity index (χ1v) is 11.4. The molecule has 31 heavy (non-hydrogen) atoms. The molecular weight excluding hydrogens is 432 g/mol. The normalized spacial score (nSPS) is 11.2. The highest BCUT2D eigenvalue weighted by Crippen LogP contribution is 2.27. The van der Waals surface area contributed by atoms with E-state index in [9.17, 15) is 4.79 Å². The second-order valence-corrected chi connectivity index (χ2v) is 8.62. The van der Waals surface area contributed by atoms with Gasteiger partial charge in [-0.15, -0.1) is 10.2 Å². The SMILES string of the molecule is CCn1c(COc2cc(C)c(Cl)c(C)c2)nnc1SCc1cc(=O)c2ccccc2[nH]1. The molecule has 0 unspecified atom stereocenters. The molecule has 0 amide bonds. The summed E-state index contributed by atoms with van der Waals surface area (Å²) in [6.07, 6.45) is 0. The molecule has 4 aromatic rings. The number of H-pyrrole nitrogens is 1. The van der Waals surface area contributed by atoms with Gasteiger partial charge in [-0.3, -0.25) is 4.79 Å². The maximum absolute atomic E-state index is 12.3. The smallest absolute Gasteiger partial charge is 0.191 e. The van der Waals surface area contributed by atoms with Gasteiger partial charge >= 0.3 is 0 Å². The van der Waals surface area contributed by atoms with E-state index in [-0.39, 0.29) is 5.43 Å². The Balaban J connectivity index is 1.48. The van der Waals surface area contributed by atoms with Crippen LogP contribution < -0.4 is 10.2 Å². The van der Waals surface area contributed by atoms with Gasteiger partial charge in [-0.05, 0) is 56.2 Å². The van der Waals surface area contributed by atoms with Crippen LogP contribution in [0.2, 0.25) is 5.02 Å². The molecule has 0 bridgehead atoms. The summed E-state index contributed by atoms with van der Waals surface area (Å²) in [6, 6.07) is 13.0. The predicted octanol–water partition coefficient (Wildman–Crippen LogP) is 5.28. The zero-order valence-corrected chi connectivity index (χ0v) is 19.2. The number of aromatic nitrogens is 4. The number of hydrogen-bond acceptors (Lipinski definition) is 5. The zero-order chi connectivity index (χ0) is 22.0. The van der Waals surface area contributed by atoms with Crippen LogP contribution in [0.3, 0.4) is 0 Å². The monoisotopic (exact) mass is 454 g/mol. The van der Waals surface area contributed by atoms with Crippen LogP contribution >= 0.6 is 23.4 Å². The highest BCUT2D eigenvalue weighted by molar-refractivity contribution is 7.98. The van der Waals surface area contributed by atoms with Crippen molar-refractivity contribution in [3.05, 3.63) is 80.4 Å². The van der Waals surface area contributed by atoms with Crippen LogP contribution in [0.4, 0.5) is 0 Å². The summed E-state index contributed by atoms with van der Waals surface area (Å²) in [5, 5.41) is 10.9. The van der Waals surface area contributed by atoms with E-state index < -0.39 is 0 Å². The van der Waals surface area contributed by atoms with E-state index in [0.29, 0.717) is 17.7 Å². The summed E-state index contributed by atoms with van der Waals surface area (Å²) in [5.74, 6) is 2.10. The number of nitrogens with zero attached hydrogens (tertiary/aromatic N) is 3. The van der Waals surface area contributed by atoms with Crippen molar-refractivity contribution in [3.63, 3.8) is 0 Å². The van der Waals surface area contributed by atoms with Crippen molar-refractivity contribution in [2.45, 2.75) is 44.8 Å². The average Bonchev–Trinajstić information content (AvgIpc) is 3.16. The molecule has 1 N–H and O–H groups in total. The second-order valence-electron chi connectivity index (χ2n) is 7.30. The lowest BCUT2D eigenvalue weighted by molar-refractivity contribution is 0.288. The Morgan fingerprint density at radius 1 is 1.13 bits per heavy atom. The van der Waals surface area contributed by atoms with Gasteiger partial charge in [-0.25, -0.2) is 0 Å². The lowest BCUT2D eigenvalue weighted by atomic mass is 10.1. The predicted molar refractivity (Wildman–Crippen MR) is 125 cm³/mol. The van der Waals surface area contributed by atoms with Gasteiger partial charge in [0.1, 0.15) is 12.4 Å². The Bertz CT molecular complexity index is 1280. The van der Waals surface area contributed by atoms with Crippen molar-refractivity contribution in [2.24, 2.45) is 0 Å². The summed E-state index contributed by atoms with van der Waals surface area (Å²) >= 11 is 7.78. The van der Waals surface area contributed by atoms with E-state index in [1.165, 1.54) is 11.8 Å². The minimum absolute atomic E-state index is 0.0181. The lowest BCUT2D eigenvalue weighted by Gasteiger charge is -2.11. The van der Waals surface area contributed by atoms with Crippen LogP contribution in [-0.2, 0) is 18.9 Å². The van der Waals surface area contributed by atoms with Crippen LogP contribution in [0.5, 0.6) is 5.75 Å². The van der Waals surface area contributed by atoms with Crippen LogP contribution in [-0.4, -0.2) is 19.7 Å². The van der Waals surface area contributed by atoms with Gasteiger partial charge in [0.25, 0.3) is 0 Å². The molecule has 0 atom stereocenters. The Kier molecular flexibility index (Phi) is 6.34. The Morgan fingerprint density at radius 2 is 1.87 bits per heavy atom. The Labute approximate surface area is 189 Å². The van der Waals surface area contributed by atoms with E-state index in [4.69, 9.17) is 16.3 Å².